The van der Waals surface area contributed by atoms with Crippen LogP contribution in [-0.4, -0.2) is 25.1 Å². The summed E-state index contributed by atoms with van der Waals surface area (Å²) in [5.41, 5.74) is 4.47. The molecule has 0 heterocycles. The predicted molar refractivity (Wildman–Crippen MR) is 74.8 cm³/mol. The number of hydrogen-bond acceptors (Lipinski definition) is 3. The molecule has 0 aromatic heterocycles. The van der Waals surface area contributed by atoms with Crippen LogP contribution in [0.1, 0.15) is 44.9 Å². The monoisotopic (exact) mass is 273 g/mol. The maximum atomic E-state index is 11.3. The molecule has 0 aliphatic heterocycles. The van der Waals surface area contributed by atoms with Crippen molar-refractivity contribution in [2.24, 2.45) is 11.7 Å². The van der Waals surface area contributed by atoms with Crippen molar-refractivity contribution in [2.45, 2.75) is 70.3 Å². The zero-order valence-electron chi connectivity index (χ0n) is 11.9. The van der Waals surface area contributed by atoms with Crippen LogP contribution in [0, 0.1) is 5.92 Å². The largest absolute Gasteiger partial charge is 0.478 e. The van der Waals surface area contributed by atoms with Crippen molar-refractivity contribution in [2.75, 3.05) is 0 Å². The molecule has 5 heteroatoms. The third-order valence-corrected chi connectivity index (χ3v) is 4.48. The molecule has 1 rings (SSSR count). The van der Waals surface area contributed by atoms with Crippen molar-refractivity contribution < 1.29 is 14.3 Å². The minimum Gasteiger partial charge on any atom is -0.478 e. The first-order chi connectivity index (χ1) is 8.23. The number of aliphatic carboxylic acids is 1. The summed E-state index contributed by atoms with van der Waals surface area (Å²) in [4.78, 5) is 11.3. The summed E-state index contributed by atoms with van der Waals surface area (Å²) < 4.78 is 5.69. The fourth-order valence-corrected chi connectivity index (χ4v) is 3.92. The highest BCUT2D eigenvalue weighted by Crippen LogP contribution is 2.30. The molecule has 0 unspecified atom stereocenters. The SMILES string of the molecule is C[Si](C)(C)O[C@@](N)(CCC1CCCCC1)C(=O)O. The Balaban J connectivity index is 2.53. The highest BCUT2D eigenvalue weighted by atomic mass is 28.4. The highest BCUT2D eigenvalue weighted by molar-refractivity contribution is 6.70. The molecule has 4 nitrogen and oxygen atoms in total. The number of carbonyl (C=O) groups is 1. The van der Waals surface area contributed by atoms with Crippen LogP contribution in [0.15, 0.2) is 0 Å². The van der Waals surface area contributed by atoms with Crippen molar-refractivity contribution >= 4 is 14.3 Å². The third kappa shape index (κ3) is 5.08. The smallest absolute Gasteiger partial charge is 0.350 e. The van der Waals surface area contributed by atoms with E-state index in [9.17, 15) is 9.90 Å². The Kier molecular flexibility index (Phi) is 5.37. The summed E-state index contributed by atoms with van der Waals surface area (Å²) in [5, 5.41) is 9.30. The summed E-state index contributed by atoms with van der Waals surface area (Å²) in [6, 6.07) is 0. The van der Waals surface area contributed by atoms with E-state index in [0.29, 0.717) is 12.3 Å². The lowest BCUT2D eigenvalue weighted by Gasteiger charge is -2.33. The van der Waals surface area contributed by atoms with E-state index in [1.54, 1.807) is 0 Å². The van der Waals surface area contributed by atoms with Crippen LogP contribution in [0.5, 0.6) is 0 Å². The molecule has 0 aromatic carbocycles. The summed E-state index contributed by atoms with van der Waals surface area (Å²) in [5.74, 6) is -0.396. The Hall–Kier alpha value is -0.393. The molecule has 1 aliphatic rings. The second-order valence-electron chi connectivity index (χ2n) is 6.45. The first-order valence-electron chi connectivity index (χ1n) is 6.95. The summed E-state index contributed by atoms with van der Waals surface area (Å²) in [6.45, 7) is 5.91. The molecule has 1 aliphatic carbocycles. The van der Waals surface area contributed by atoms with E-state index in [1.807, 2.05) is 19.6 Å². The summed E-state index contributed by atoms with van der Waals surface area (Å²) in [7, 11) is -1.95. The topological polar surface area (TPSA) is 72.5 Å². The average molecular weight is 273 g/mol. The third-order valence-electron chi connectivity index (χ3n) is 3.50. The lowest BCUT2D eigenvalue weighted by atomic mass is 9.85. The van der Waals surface area contributed by atoms with Gasteiger partial charge in [-0.15, -0.1) is 0 Å². The van der Waals surface area contributed by atoms with Crippen molar-refractivity contribution in [1.82, 2.24) is 0 Å². The molecule has 18 heavy (non-hydrogen) atoms. The normalized spacial score (nSPS) is 21.6. The Labute approximate surface area is 111 Å². The van der Waals surface area contributed by atoms with Gasteiger partial charge in [0.05, 0.1) is 0 Å². The molecular weight excluding hydrogens is 246 g/mol. The standard InChI is InChI=1S/C13H27NO3Si/c1-18(2,3)17-13(14,12(15)16)10-9-11-7-5-4-6-8-11/h11H,4-10,14H2,1-3H3,(H,15,16)/t13-/m0/s1. The zero-order chi connectivity index (χ0) is 13.8. The molecule has 0 radical (unpaired) electrons. The lowest BCUT2D eigenvalue weighted by molar-refractivity contribution is -0.156. The van der Waals surface area contributed by atoms with Crippen LogP contribution in [0.4, 0.5) is 0 Å². The molecule has 0 aromatic rings. The zero-order valence-corrected chi connectivity index (χ0v) is 12.9. The summed E-state index contributed by atoms with van der Waals surface area (Å²) in [6.07, 6.45) is 7.57. The molecule has 3 N–H and O–H groups in total. The van der Waals surface area contributed by atoms with Crippen LogP contribution in [-0.2, 0) is 9.22 Å². The van der Waals surface area contributed by atoms with Gasteiger partial charge in [-0.3, -0.25) is 5.73 Å². The van der Waals surface area contributed by atoms with Crippen molar-refractivity contribution in [1.29, 1.82) is 0 Å². The molecule has 106 valence electrons. The van der Waals surface area contributed by atoms with Gasteiger partial charge in [-0.1, -0.05) is 32.1 Å². The van der Waals surface area contributed by atoms with Gasteiger partial charge in [0.1, 0.15) is 0 Å². The molecule has 0 saturated heterocycles. The average Bonchev–Trinajstić information content (AvgIpc) is 2.25. The Morgan fingerprint density at radius 1 is 1.33 bits per heavy atom. The van der Waals surface area contributed by atoms with Gasteiger partial charge in [-0.25, -0.2) is 4.79 Å². The number of carboxylic acid groups (broad SMARTS) is 1. The van der Waals surface area contributed by atoms with Gasteiger partial charge in [0, 0.05) is 6.42 Å². The maximum absolute atomic E-state index is 11.3. The molecule has 1 atom stereocenters. The Bertz CT molecular complexity index is 284. The molecule has 0 amide bonds. The summed E-state index contributed by atoms with van der Waals surface area (Å²) >= 11 is 0. The van der Waals surface area contributed by atoms with Crippen LogP contribution in [0.25, 0.3) is 0 Å². The van der Waals surface area contributed by atoms with Crippen LogP contribution in [0.2, 0.25) is 19.6 Å². The molecule has 0 spiro atoms. The quantitative estimate of drug-likeness (QED) is 0.576. The fourth-order valence-electron chi connectivity index (χ4n) is 2.64. The van der Waals surface area contributed by atoms with Gasteiger partial charge >= 0.3 is 5.97 Å². The minimum atomic E-state index is -1.95. The van der Waals surface area contributed by atoms with Gasteiger partial charge in [-0.05, 0) is 32.0 Å². The van der Waals surface area contributed by atoms with E-state index in [-0.39, 0.29) is 0 Å². The van der Waals surface area contributed by atoms with Crippen LogP contribution in [0.3, 0.4) is 0 Å². The maximum Gasteiger partial charge on any atom is 0.350 e. The van der Waals surface area contributed by atoms with E-state index in [4.69, 9.17) is 10.2 Å². The van der Waals surface area contributed by atoms with E-state index in [1.165, 1.54) is 32.1 Å². The Morgan fingerprint density at radius 2 is 1.89 bits per heavy atom. The minimum absolute atomic E-state index is 0.428. The van der Waals surface area contributed by atoms with Gasteiger partial charge in [0.25, 0.3) is 0 Å². The Morgan fingerprint density at radius 3 is 2.33 bits per heavy atom. The lowest BCUT2D eigenvalue weighted by Crippen LogP contribution is -2.55. The van der Waals surface area contributed by atoms with E-state index < -0.39 is 20.0 Å². The number of nitrogens with two attached hydrogens (primary N) is 1. The van der Waals surface area contributed by atoms with Gasteiger partial charge in [0.15, 0.2) is 8.32 Å². The molecule has 0 bridgehead atoms. The van der Waals surface area contributed by atoms with Gasteiger partial charge < -0.3 is 9.53 Å². The van der Waals surface area contributed by atoms with Crippen LogP contribution >= 0.6 is 0 Å². The molecule has 1 saturated carbocycles. The molecular formula is C13H27NO3Si. The van der Waals surface area contributed by atoms with Gasteiger partial charge in [0.2, 0.25) is 5.72 Å². The predicted octanol–water partition coefficient (Wildman–Crippen LogP) is 2.94. The van der Waals surface area contributed by atoms with Crippen LogP contribution < -0.4 is 5.73 Å². The number of hydrogen-bond donors (Lipinski definition) is 2. The van der Waals surface area contributed by atoms with Gasteiger partial charge in [-0.2, -0.15) is 0 Å². The number of carboxylic acids is 1. The fraction of sp³-hybridized carbons (Fsp3) is 0.923. The number of rotatable bonds is 6. The first kappa shape index (κ1) is 15.7. The first-order valence-corrected chi connectivity index (χ1v) is 10.4. The second-order valence-corrected chi connectivity index (χ2v) is 10.9. The van der Waals surface area contributed by atoms with E-state index in [2.05, 4.69) is 0 Å². The highest BCUT2D eigenvalue weighted by Gasteiger charge is 2.39. The van der Waals surface area contributed by atoms with E-state index >= 15 is 0 Å². The second kappa shape index (κ2) is 6.17. The van der Waals surface area contributed by atoms with Crippen molar-refractivity contribution in [3.63, 3.8) is 0 Å². The molecule has 1 fully saturated rings. The van der Waals surface area contributed by atoms with Crippen molar-refractivity contribution in [3.05, 3.63) is 0 Å². The van der Waals surface area contributed by atoms with E-state index in [0.717, 1.165) is 6.42 Å². The van der Waals surface area contributed by atoms with Crippen molar-refractivity contribution in [3.8, 4) is 0 Å².